The summed E-state index contributed by atoms with van der Waals surface area (Å²) in [6.45, 7) is 9.90. The summed E-state index contributed by atoms with van der Waals surface area (Å²) in [7, 11) is -1.18. The number of nitrogens with one attached hydrogen (secondary N) is 1. The minimum absolute atomic E-state index is 0.0164. The Kier molecular flexibility index (Phi) is 9.12. The highest BCUT2D eigenvalue weighted by atomic mass is 28.3. The van der Waals surface area contributed by atoms with Crippen LogP contribution in [-0.2, 0) is 27.5 Å². The van der Waals surface area contributed by atoms with E-state index < -0.39 is 13.8 Å². The van der Waals surface area contributed by atoms with E-state index in [1.807, 2.05) is 22.9 Å². The molecule has 4 rings (SSSR count). The first-order valence-electron chi connectivity index (χ1n) is 12.5. The molecular formula is C27H35N3O6Si. The van der Waals surface area contributed by atoms with Crippen molar-refractivity contribution in [3.05, 3.63) is 64.8 Å². The molecule has 0 aliphatic carbocycles. The number of aliphatic hydroxyl groups excluding tert-OH is 1. The third-order valence-corrected chi connectivity index (χ3v) is 7.67. The molecule has 37 heavy (non-hydrogen) atoms. The van der Waals surface area contributed by atoms with Crippen molar-refractivity contribution in [2.24, 2.45) is 0 Å². The number of hydrogen-bond donors (Lipinski definition) is 2. The van der Waals surface area contributed by atoms with Crippen LogP contribution in [0.3, 0.4) is 0 Å². The van der Waals surface area contributed by atoms with Crippen LogP contribution in [0.25, 0.3) is 33.4 Å². The number of rotatable bonds is 14. The van der Waals surface area contributed by atoms with E-state index in [9.17, 15) is 4.79 Å². The molecule has 198 valence electrons. The van der Waals surface area contributed by atoms with Crippen LogP contribution < -0.4 is 5.76 Å². The lowest BCUT2D eigenvalue weighted by molar-refractivity contribution is 0.0274. The van der Waals surface area contributed by atoms with Gasteiger partial charge in [0, 0.05) is 31.8 Å². The zero-order chi connectivity index (χ0) is 26.3. The molecule has 0 saturated heterocycles. The minimum atomic E-state index is -1.18. The standard InChI is InChI=1S/C27H35N3O6Si/c1-37(2,3)15-14-35-19-30-17-24(26-28-27(32)36-29-26)23-16-22(8-9-25(23)30)21-6-4-20(5-7-21)18-34-13-12-33-11-10-31/h4-9,16-17,31H,10-15,18-19H2,1-3H3,(H,28,29,32). The maximum atomic E-state index is 11.6. The Hall–Kier alpha value is -3.02. The molecule has 4 aromatic rings. The first-order chi connectivity index (χ1) is 17.8. The zero-order valence-corrected chi connectivity index (χ0v) is 22.7. The van der Waals surface area contributed by atoms with Gasteiger partial charge in [-0.25, -0.2) is 4.79 Å². The molecule has 0 saturated carbocycles. The van der Waals surface area contributed by atoms with Gasteiger partial charge in [0.25, 0.3) is 0 Å². The van der Waals surface area contributed by atoms with Crippen molar-refractivity contribution < 1.29 is 23.8 Å². The van der Waals surface area contributed by atoms with Gasteiger partial charge in [0.2, 0.25) is 0 Å². The molecule has 0 amide bonds. The first kappa shape index (κ1) is 27.0. The number of hydrogen-bond acceptors (Lipinski definition) is 7. The molecule has 2 aromatic carbocycles. The van der Waals surface area contributed by atoms with Crippen molar-refractivity contribution in [2.75, 3.05) is 33.0 Å². The summed E-state index contributed by atoms with van der Waals surface area (Å²) in [6.07, 6.45) is 1.95. The van der Waals surface area contributed by atoms with Gasteiger partial charge in [-0.3, -0.25) is 9.51 Å². The van der Waals surface area contributed by atoms with Crippen LogP contribution in [0.4, 0.5) is 0 Å². The molecule has 10 heteroatoms. The van der Waals surface area contributed by atoms with Gasteiger partial charge in [0.05, 0.1) is 38.6 Å². The Morgan fingerprint density at radius 1 is 0.973 bits per heavy atom. The fraction of sp³-hybridized carbons (Fsp3) is 0.407. The van der Waals surface area contributed by atoms with E-state index in [0.717, 1.165) is 45.8 Å². The zero-order valence-electron chi connectivity index (χ0n) is 21.7. The van der Waals surface area contributed by atoms with Crippen molar-refractivity contribution in [2.45, 2.75) is 39.0 Å². The minimum Gasteiger partial charge on any atom is -0.394 e. The number of aliphatic hydroxyl groups is 1. The third kappa shape index (κ3) is 7.49. The Bertz CT molecular complexity index is 1340. The molecule has 0 atom stereocenters. The van der Waals surface area contributed by atoms with Gasteiger partial charge in [-0.15, -0.1) is 0 Å². The van der Waals surface area contributed by atoms with E-state index in [1.54, 1.807) is 0 Å². The SMILES string of the molecule is C[Si](C)(C)CCOCn1cc(-c2noc(=O)[nH]2)c2cc(-c3ccc(COCCOCCO)cc3)ccc21. The number of aromatic nitrogens is 3. The van der Waals surface area contributed by atoms with Crippen LogP contribution in [0.5, 0.6) is 0 Å². The molecule has 0 unspecified atom stereocenters. The molecule has 0 aliphatic heterocycles. The summed E-state index contributed by atoms with van der Waals surface area (Å²) >= 11 is 0. The Labute approximate surface area is 217 Å². The summed E-state index contributed by atoms with van der Waals surface area (Å²) in [5.41, 5.74) is 4.95. The van der Waals surface area contributed by atoms with Crippen LogP contribution in [-0.4, -0.2) is 60.9 Å². The maximum absolute atomic E-state index is 11.6. The molecule has 2 aromatic heterocycles. The molecule has 0 bridgehead atoms. The predicted molar refractivity (Wildman–Crippen MR) is 145 cm³/mol. The van der Waals surface area contributed by atoms with Crippen molar-refractivity contribution in [1.29, 1.82) is 0 Å². The predicted octanol–water partition coefficient (Wildman–Crippen LogP) is 4.49. The van der Waals surface area contributed by atoms with Crippen LogP contribution >= 0.6 is 0 Å². The van der Waals surface area contributed by atoms with Crippen molar-refractivity contribution in [3.8, 4) is 22.5 Å². The van der Waals surface area contributed by atoms with E-state index in [2.05, 4.69) is 60.1 Å². The average Bonchev–Trinajstić information content (AvgIpc) is 3.46. The van der Waals surface area contributed by atoms with E-state index in [0.29, 0.717) is 39.0 Å². The van der Waals surface area contributed by atoms with E-state index in [1.165, 1.54) is 0 Å². The lowest BCUT2D eigenvalue weighted by Crippen LogP contribution is -2.21. The van der Waals surface area contributed by atoms with Crippen molar-refractivity contribution in [3.63, 3.8) is 0 Å². The van der Waals surface area contributed by atoms with Gasteiger partial charge in [-0.05, 0) is 34.9 Å². The fourth-order valence-corrected chi connectivity index (χ4v) is 4.68. The number of aromatic amines is 1. The number of benzene rings is 2. The summed E-state index contributed by atoms with van der Waals surface area (Å²) in [5.74, 6) is -0.195. The monoisotopic (exact) mass is 525 g/mol. The highest BCUT2D eigenvalue weighted by Crippen LogP contribution is 2.32. The topological polar surface area (TPSA) is 112 Å². The normalized spacial score (nSPS) is 12.0. The average molecular weight is 526 g/mol. The second-order valence-electron chi connectivity index (χ2n) is 10.1. The van der Waals surface area contributed by atoms with Gasteiger partial charge >= 0.3 is 5.76 Å². The second-order valence-corrected chi connectivity index (χ2v) is 15.7. The van der Waals surface area contributed by atoms with Crippen LogP contribution in [0.1, 0.15) is 5.56 Å². The largest absolute Gasteiger partial charge is 0.439 e. The fourth-order valence-electron chi connectivity index (χ4n) is 3.93. The van der Waals surface area contributed by atoms with E-state index >= 15 is 0 Å². The summed E-state index contributed by atoms with van der Waals surface area (Å²) in [4.78, 5) is 14.3. The van der Waals surface area contributed by atoms with Gasteiger partial charge in [0.1, 0.15) is 6.73 Å². The van der Waals surface area contributed by atoms with Gasteiger partial charge in [0.15, 0.2) is 5.82 Å². The quantitative estimate of drug-likeness (QED) is 0.184. The Balaban J connectivity index is 1.52. The summed E-state index contributed by atoms with van der Waals surface area (Å²) in [5, 5.41) is 13.6. The Morgan fingerprint density at radius 2 is 1.73 bits per heavy atom. The van der Waals surface area contributed by atoms with Gasteiger partial charge in [-0.1, -0.05) is 55.1 Å². The molecule has 9 nitrogen and oxygen atoms in total. The third-order valence-electron chi connectivity index (χ3n) is 5.97. The summed E-state index contributed by atoms with van der Waals surface area (Å²) < 4.78 is 23.6. The first-order valence-corrected chi connectivity index (χ1v) is 16.2. The van der Waals surface area contributed by atoms with E-state index in [4.69, 9.17) is 23.8 Å². The highest BCUT2D eigenvalue weighted by molar-refractivity contribution is 6.76. The van der Waals surface area contributed by atoms with Crippen molar-refractivity contribution >= 4 is 19.0 Å². The highest BCUT2D eigenvalue weighted by Gasteiger charge is 2.16. The smallest absolute Gasteiger partial charge is 0.394 e. The van der Waals surface area contributed by atoms with Crippen molar-refractivity contribution in [1.82, 2.24) is 14.7 Å². The summed E-state index contributed by atoms with van der Waals surface area (Å²) in [6, 6.07) is 15.6. The number of fused-ring (bicyclic) bond motifs is 1. The number of nitrogens with zero attached hydrogens (tertiary/aromatic N) is 2. The maximum Gasteiger partial charge on any atom is 0.439 e. The molecule has 2 heterocycles. The van der Waals surface area contributed by atoms with E-state index in [-0.39, 0.29) is 6.61 Å². The molecule has 0 radical (unpaired) electrons. The lowest BCUT2D eigenvalue weighted by Gasteiger charge is -2.15. The lowest BCUT2D eigenvalue weighted by atomic mass is 10.0. The van der Waals surface area contributed by atoms with Crippen LogP contribution in [0.2, 0.25) is 25.7 Å². The van der Waals surface area contributed by atoms with Gasteiger partial charge < -0.3 is 23.9 Å². The molecule has 0 aliphatic rings. The molecule has 0 fully saturated rings. The number of ether oxygens (including phenoxy) is 3. The van der Waals surface area contributed by atoms with Crippen LogP contribution in [0, 0.1) is 0 Å². The number of H-pyrrole nitrogens is 1. The van der Waals surface area contributed by atoms with Gasteiger partial charge in [-0.2, -0.15) is 0 Å². The Morgan fingerprint density at radius 3 is 2.43 bits per heavy atom. The molecule has 0 spiro atoms. The molecule has 2 N–H and O–H groups in total. The van der Waals surface area contributed by atoms with Crippen LogP contribution in [0.15, 0.2) is 58.0 Å². The molecular weight excluding hydrogens is 490 g/mol. The second kappa shape index (κ2) is 12.5.